The summed E-state index contributed by atoms with van der Waals surface area (Å²) in [7, 11) is 1.71. The highest BCUT2D eigenvalue weighted by Crippen LogP contribution is 1.99. The maximum atomic E-state index is 5.64. The van der Waals surface area contributed by atoms with Crippen molar-refractivity contribution in [2.24, 2.45) is 4.99 Å². The van der Waals surface area contributed by atoms with Crippen LogP contribution in [0.5, 0.6) is 0 Å². The molecule has 0 saturated carbocycles. The first-order valence-electron chi connectivity index (χ1n) is 5.02. The van der Waals surface area contributed by atoms with Crippen LogP contribution in [-0.2, 0) is 6.42 Å². The van der Waals surface area contributed by atoms with Crippen LogP contribution in [0.1, 0.15) is 5.76 Å². The third-order valence-corrected chi connectivity index (χ3v) is 2.05. The number of aliphatic imine (C=N–C) groups is 1. The average molecular weight is 370 g/mol. The van der Waals surface area contributed by atoms with E-state index in [-0.39, 0.29) is 24.0 Å². The molecule has 17 heavy (non-hydrogen) atoms. The van der Waals surface area contributed by atoms with Gasteiger partial charge in [-0.25, -0.2) is 0 Å². The fourth-order valence-corrected chi connectivity index (χ4v) is 1.23. The number of rotatable bonds is 5. The minimum atomic E-state index is 0. The zero-order chi connectivity index (χ0) is 11.8. The van der Waals surface area contributed by atoms with E-state index in [2.05, 4.69) is 22.2 Å². The van der Waals surface area contributed by atoms with Crippen molar-refractivity contribution in [3.63, 3.8) is 0 Å². The lowest BCUT2D eigenvalue weighted by Gasteiger charge is -2.10. The van der Waals surface area contributed by atoms with Gasteiger partial charge in [0.1, 0.15) is 5.76 Å². The van der Waals surface area contributed by atoms with Crippen molar-refractivity contribution in [2.75, 3.05) is 20.1 Å². The Morgan fingerprint density at radius 1 is 1.53 bits per heavy atom. The molecule has 0 fully saturated rings. The Hall–Kier alpha value is -0.690. The minimum Gasteiger partial charge on any atom is -0.469 e. The average Bonchev–Trinajstić information content (AvgIpc) is 2.75. The van der Waals surface area contributed by atoms with Gasteiger partial charge in [0.05, 0.1) is 12.8 Å². The van der Waals surface area contributed by atoms with Gasteiger partial charge in [-0.1, -0.05) is 18.2 Å². The fourth-order valence-electron chi connectivity index (χ4n) is 1.16. The number of hydrogen-bond donors (Lipinski definition) is 2. The zero-order valence-corrected chi connectivity index (χ0v) is 12.8. The van der Waals surface area contributed by atoms with Crippen molar-refractivity contribution < 1.29 is 4.42 Å². The van der Waals surface area contributed by atoms with Gasteiger partial charge < -0.3 is 15.1 Å². The predicted molar refractivity (Wildman–Crippen MR) is 82.2 cm³/mol. The number of nitrogens with one attached hydrogen (secondary N) is 2. The molecule has 0 atom stereocenters. The highest BCUT2D eigenvalue weighted by atomic mass is 127. The van der Waals surface area contributed by atoms with Crippen molar-refractivity contribution >= 4 is 41.5 Å². The second-order valence-corrected chi connectivity index (χ2v) is 3.73. The SMILES string of the molecule is C=C(Cl)CNC(=NC)NCCc1ccco1.I. The van der Waals surface area contributed by atoms with Crippen LogP contribution in [-0.4, -0.2) is 26.1 Å². The topological polar surface area (TPSA) is 49.6 Å². The van der Waals surface area contributed by atoms with Crippen LogP contribution in [0.4, 0.5) is 0 Å². The molecule has 0 bridgehead atoms. The van der Waals surface area contributed by atoms with Gasteiger partial charge in [-0.05, 0) is 12.1 Å². The highest BCUT2D eigenvalue weighted by molar-refractivity contribution is 14.0. The molecular weight excluding hydrogens is 352 g/mol. The molecule has 0 radical (unpaired) electrons. The lowest BCUT2D eigenvalue weighted by molar-refractivity contribution is 0.507. The van der Waals surface area contributed by atoms with Crippen LogP contribution in [0.2, 0.25) is 0 Å². The van der Waals surface area contributed by atoms with Gasteiger partial charge in [0.15, 0.2) is 5.96 Å². The summed E-state index contributed by atoms with van der Waals surface area (Å²) in [6.45, 7) is 4.84. The van der Waals surface area contributed by atoms with Gasteiger partial charge in [0.2, 0.25) is 0 Å². The Morgan fingerprint density at radius 3 is 2.82 bits per heavy atom. The van der Waals surface area contributed by atoms with Crippen LogP contribution >= 0.6 is 35.6 Å². The number of hydrogen-bond acceptors (Lipinski definition) is 2. The number of furan rings is 1. The van der Waals surface area contributed by atoms with Crippen LogP contribution < -0.4 is 10.6 Å². The Kier molecular flexibility index (Phi) is 8.97. The summed E-state index contributed by atoms with van der Waals surface area (Å²) in [5.74, 6) is 1.65. The Balaban J connectivity index is 0.00000256. The molecule has 0 spiro atoms. The van der Waals surface area contributed by atoms with E-state index >= 15 is 0 Å². The van der Waals surface area contributed by atoms with Gasteiger partial charge in [-0.15, -0.1) is 24.0 Å². The molecule has 0 amide bonds. The van der Waals surface area contributed by atoms with Gasteiger partial charge in [0.25, 0.3) is 0 Å². The largest absolute Gasteiger partial charge is 0.469 e. The van der Waals surface area contributed by atoms with E-state index in [1.54, 1.807) is 13.3 Å². The maximum absolute atomic E-state index is 5.64. The molecular formula is C11H17ClIN3O. The molecule has 4 nitrogen and oxygen atoms in total. The summed E-state index contributed by atoms with van der Waals surface area (Å²) in [5, 5.41) is 6.72. The standard InChI is InChI=1S/C11H16ClN3O.HI/c1-9(12)8-15-11(13-2)14-6-5-10-4-3-7-16-10;/h3-4,7H,1,5-6,8H2,2H3,(H2,13,14,15);1H. The van der Waals surface area contributed by atoms with E-state index in [1.165, 1.54) is 0 Å². The van der Waals surface area contributed by atoms with E-state index in [4.69, 9.17) is 16.0 Å². The highest BCUT2D eigenvalue weighted by Gasteiger charge is 1.99. The zero-order valence-electron chi connectivity index (χ0n) is 9.70. The molecule has 1 aromatic heterocycles. The monoisotopic (exact) mass is 369 g/mol. The Morgan fingerprint density at radius 2 is 2.29 bits per heavy atom. The first kappa shape index (κ1) is 16.3. The van der Waals surface area contributed by atoms with E-state index < -0.39 is 0 Å². The molecule has 0 aliphatic carbocycles. The lowest BCUT2D eigenvalue weighted by Crippen LogP contribution is -2.38. The molecule has 1 aromatic rings. The third-order valence-electron chi connectivity index (χ3n) is 1.92. The number of nitrogens with zero attached hydrogens (tertiary/aromatic N) is 1. The van der Waals surface area contributed by atoms with Gasteiger partial charge >= 0.3 is 0 Å². The molecule has 96 valence electrons. The predicted octanol–water partition coefficient (Wildman–Crippen LogP) is 2.36. The number of guanidine groups is 1. The van der Waals surface area contributed by atoms with Gasteiger partial charge in [0, 0.05) is 25.0 Å². The van der Waals surface area contributed by atoms with Gasteiger partial charge in [-0.3, -0.25) is 4.99 Å². The lowest BCUT2D eigenvalue weighted by atomic mass is 10.3. The Labute approximate surface area is 124 Å². The molecule has 0 unspecified atom stereocenters. The molecule has 1 heterocycles. The molecule has 0 aliphatic heterocycles. The summed E-state index contributed by atoms with van der Waals surface area (Å²) in [6.07, 6.45) is 2.48. The Bertz CT molecular complexity index is 352. The second kappa shape index (κ2) is 9.35. The molecule has 2 N–H and O–H groups in total. The van der Waals surface area contributed by atoms with Crippen LogP contribution in [0.25, 0.3) is 0 Å². The molecule has 0 aromatic carbocycles. The second-order valence-electron chi connectivity index (χ2n) is 3.20. The molecule has 0 saturated heterocycles. The van der Waals surface area contributed by atoms with Gasteiger partial charge in [-0.2, -0.15) is 0 Å². The maximum Gasteiger partial charge on any atom is 0.191 e. The summed E-state index contributed by atoms with van der Waals surface area (Å²) in [4.78, 5) is 4.04. The van der Waals surface area contributed by atoms with Crippen molar-refractivity contribution in [1.82, 2.24) is 10.6 Å². The summed E-state index contributed by atoms with van der Waals surface area (Å²) in [5.41, 5.74) is 0. The van der Waals surface area contributed by atoms with Crippen LogP contribution in [0, 0.1) is 0 Å². The normalized spacial score (nSPS) is 10.6. The summed E-state index contributed by atoms with van der Waals surface area (Å²) in [6, 6.07) is 3.82. The van der Waals surface area contributed by atoms with Crippen LogP contribution in [0.15, 0.2) is 39.4 Å². The van der Waals surface area contributed by atoms with E-state index in [9.17, 15) is 0 Å². The molecule has 0 aliphatic rings. The molecule has 6 heteroatoms. The van der Waals surface area contributed by atoms with Crippen molar-refractivity contribution in [3.8, 4) is 0 Å². The van der Waals surface area contributed by atoms with E-state index in [0.29, 0.717) is 17.5 Å². The van der Waals surface area contributed by atoms with Crippen LogP contribution in [0.3, 0.4) is 0 Å². The summed E-state index contributed by atoms with van der Waals surface area (Å²) < 4.78 is 5.21. The molecule has 1 rings (SSSR count). The number of halogens is 2. The van der Waals surface area contributed by atoms with Crippen molar-refractivity contribution in [3.05, 3.63) is 35.8 Å². The van der Waals surface area contributed by atoms with Crippen molar-refractivity contribution in [1.29, 1.82) is 0 Å². The first-order chi connectivity index (χ1) is 7.72. The first-order valence-corrected chi connectivity index (χ1v) is 5.40. The van der Waals surface area contributed by atoms with Crippen molar-refractivity contribution in [2.45, 2.75) is 6.42 Å². The smallest absolute Gasteiger partial charge is 0.191 e. The third kappa shape index (κ3) is 7.27. The quantitative estimate of drug-likeness (QED) is 0.476. The van der Waals surface area contributed by atoms with E-state index in [1.807, 2.05) is 12.1 Å². The minimum absolute atomic E-state index is 0. The summed E-state index contributed by atoms with van der Waals surface area (Å²) >= 11 is 5.64. The fraction of sp³-hybridized carbons (Fsp3) is 0.364. The van der Waals surface area contributed by atoms with E-state index in [0.717, 1.165) is 18.7 Å².